The van der Waals surface area contributed by atoms with E-state index in [0.717, 1.165) is 16.9 Å². The highest BCUT2D eigenvalue weighted by molar-refractivity contribution is 7.10. The van der Waals surface area contributed by atoms with Gasteiger partial charge in [-0.2, -0.15) is 0 Å². The van der Waals surface area contributed by atoms with Gasteiger partial charge in [-0.25, -0.2) is 0 Å². The lowest BCUT2D eigenvalue weighted by atomic mass is 10.1. The van der Waals surface area contributed by atoms with Gasteiger partial charge in [0.2, 0.25) is 0 Å². The molecule has 0 saturated carbocycles. The van der Waals surface area contributed by atoms with Crippen molar-refractivity contribution in [3.05, 3.63) is 63.5 Å². The van der Waals surface area contributed by atoms with E-state index in [1.807, 2.05) is 50.4 Å². The Kier molecular flexibility index (Phi) is 6.32. The van der Waals surface area contributed by atoms with Crippen LogP contribution >= 0.6 is 11.3 Å². The molecule has 0 aliphatic heterocycles. The minimum absolute atomic E-state index is 0.0418. The molecule has 24 heavy (non-hydrogen) atoms. The topological polar surface area (TPSA) is 58.2 Å². The zero-order valence-electron chi connectivity index (χ0n) is 14.1. The number of thiophene rings is 1. The van der Waals surface area contributed by atoms with Gasteiger partial charge in [0, 0.05) is 16.5 Å². The second kappa shape index (κ2) is 8.45. The summed E-state index contributed by atoms with van der Waals surface area (Å²) >= 11 is 1.51. The monoisotopic (exact) mass is 342 g/mol. The number of carbonyl (C=O) groups excluding carboxylic acids is 2. The quantitative estimate of drug-likeness (QED) is 0.786. The second-order valence-corrected chi connectivity index (χ2v) is 6.66. The Morgan fingerprint density at radius 2 is 2.04 bits per heavy atom. The number of amides is 2. The minimum Gasteiger partial charge on any atom is -0.348 e. The van der Waals surface area contributed by atoms with Crippen molar-refractivity contribution in [1.82, 2.24) is 10.6 Å². The van der Waals surface area contributed by atoms with Gasteiger partial charge in [-0.15, -0.1) is 11.3 Å². The first kappa shape index (κ1) is 17.9. The number of hydrogen-bond acceptors (Lipinski definition) is 3. The maximum Gasteiger partial charge on any atom is 0.268 e. The third kappa shape index (κ3) is 5.06. The summed E-state index contributed by atoms with van der Waals surface area (Å²) in [5, 5.41) is 7.57. The molecular weight excluding hydrogens is 320 g/mol. The van der Waals surface area contributed by atoms with Crippen molar-refractivity contribution in [2.75, 3.05) is 0 Å². The number of hydrogen-bond donors (Lipinski definition) is 2. The third-order valence-corrected chi connectivity index (χ3v) is 4.41. The lowest BCUT2D eigenvalue weighted by molar-refractivity contribution is -0.118. The van der Waals surface area contributed by atoms with Crippen molar-refractivity contribution in [1.29, 1.82) is 0 Å². The molecule has 2 N–H and O–H groups in total. The van der Waals surface area contributed by atoms with E-state index in [4.69, 9.17) is 0 Å². The molecule has 1 heterocycles. The predicted octanol–water partition coefficient (Wildman–Crippen LogP) is 3.74. The van der Waals surface area contributed by atoms with Crippen LogP contribution in [0.4, 0.5) is 0 Å². The molecule has 0 aliphatic carbocycles. The number of benzene rings is 1. The summed E-state index contributed by atoms with van der Waals surface area (Å²) in [5.74, 6) is -0.570. The number of aryl methyl sites for hydroxylation is 1. The minimum atomic E-state index is -0.291. The van der Waals surface area contributed by atoms with E-state index in [2.05, 4.69) is 10.6 Å². The van der Waals surface area contributed by atoms with E-state index < -0.39 is 0 Å². The first-order valence-electron chi connectivity index (χ1n) is 7.93. The Balaban J connectivity index is 2.22. The molecule has 1 atom stereocenters. The van der Waals surface area contributed by atoms with Gasteiger partial charge in [0.05, 0.1) is 0 Å². The Morgan fingerprint density at radius 3 is 2.67 bits per heavy atom. The standard InChI is InChI=1S/C19H22N2O2S/c1-4-14(3)20-19(23)17(12-16-9-6-10-24-16)21-18(22)15-8-5-7-13(2)11-15/h5-12,14H,4H2,1-3H3,(H,20,23)(H,21,22)/b17-12-/t14-/m0/s1. The van der Waals surface area contributed by atoms with Gasteiger partial charge in [0.25, 0.3) is 11.8 Å². The van der Waals surface area contributed by atoms with Gasteiger partial charge in [0.15, 0.2) is 0 Å². The molecular formula is C19H22N2O2S. The van der Waals surface area contributed by atoms with Crippen LogP contribution in [0.15, 0.2) is 47.5 Å². The molecule has 0 bridgehead atoms. The van der Waals surface area contributed by atoms with Gasteiger partial charge in [0.1, 0.15) is 5.70 Å². The van der Waals surface area contributed by atoms with E-state index in [1.54, 1.807) is 18.2 Å². The van der Waals surface area contributed by atoms with Crippen LogP contribution in [0.25, 0.3) is 6.08 Å². The summed E-state index contributed by atoms with van der Waals surface area (Å²) in [4.78, 5) is 25.9. The average Bonchev–Trinajstić information content (AvgIpc) is 3.07. The van der Waals surface area contributed by atoms with Crippen molar-refractivity contribution >= 4 is 29.2 Å². The molecule has 0 radical (unpaired) electrons. The smallest absolute Gasteiger partial charge is 0.268 e. The van der Waals surface area contributed by atoms with Gasteiger partial charge in [-0.3, -0.25) is 9.59 Å². The molecule has 0 aliphatic rings. The summed E-state index contributed by atoms with van der Waals surface area (Å²) in [7, 11) is 0. The molecule has 2 rings (SSSR count). The average molecular weight is 342 g/mol. The van der Waals surface area contributed by atoms with Gasteiger partial charge < -0.3 is 10.6 Å². The largest absolute Gasteiger partial charge is 0.348 e. The van der Waals surface area contributed by atoms with E-state index in [-0.39, 0.29) is 23.6 Å². The normalized spacial score (nSPS) is 12.5. The molecule has 0 fully saturated rings. The van der Waals surface area contributed by atoms with Crippen LogP contribution in [0, 0.1) is 6.92 Å². The van der Waals surface area contributed by atoms with Crippen LogP contribution < -0.4 is 10.6 Å². The number of rotatable bonds is 6. The van der Waals surface area contributed by atoms with Gasteiger partial charge in [-0.05, 0) is 49.9 Å². The van der Waals surface area contributed by atoms with Crippen LogP contribution in [-0.2, 0) is 4.79 Å². The maximum atomic E-state index is 12.5. The number of nitrogens with one attached hydrogen (secondary N) is 2. The van der Waals surface area contributed by atoms with E-state index >= 15 is 0 Å². The molecule has 4 nitrogen and oxygen atoms in total. The molecule has 1 aromatic heterocycles. The summed E-state index contributed by atoms with van der Waals surface area (Å²) in [6.45, 7) is 5.86. The van der Waals surface area contributed by atoms with E-state index in [0.29, 0.717) is 5.56 Å². The van der Waals surface area contributed by atoms with Crippen LogP contribution in [0.2, 0.25) is 0 Å². The fourth-order valence-corrected chi connectivity index (χ4v) is 2.72. The fraction of sp³-hybridized carbons (Fsp3) is 0.263. The Bertz CT molecular complexity index is 736. The van der Waals surface area contributed by atoms with Crippen LogP contribution in [-0.4, -0.2) is 17.9 Å². The van der Waals surface area contributed by atoms with Gasteiger partial charge >= 0.3 is 0 Å². The van der Waals surface area contributed by atoms with Crippen LogP contribution in [0.3, 0.4) is 0 Å². The molecule has 0 saturated heterocycles. The molecule has 0 spiro atoms. The highest BCUT2D eigenvalue weighted by Gasteiger charge is 2.16. The van der Waals surface area contributed by atoms with Crippen LogP contribution in [0.5, 0.6) is 0 Å². The zero-order chi connectivity index (χ0) is 17.5. The lowest BCUT2D eigenvalue weighted by Gasteiger charge is -2.14. The molecule has 2 aromatic rings. The fourth-order valence-electron chi connectivity index (χ4n) is 2.06. The Labute approximate surface area is 146 Å². The Morgan fingerprint density at radius 1 is 1.25 bits per heavy atom. The summed E-state index contributed by atoms with van der Waals surface area (Å²) in [5.41, 5.74) is 1.78. The van der Waals surface area contributed by atoms with Crippen molar-refractivity contribution in [3.63, 3.8) is 0 Å². The predicted molar refractivity (Wildman–Crippen MR) is 98.8 cm³/mol. The molecule has 5 heteroatoms. The zero-order valence-corrected chi connectivity index (χ0v) is 14.9. The van der Waals surface area contributed by atoms with E-state index in [1.165, 1.54) is 11.3 Å². The van der Waals surface area contributed by atoms with Gasteiger partial charge in [-0.1, -0.05) is 30.7 Å². The van der Waals surface area contributed by atoms with Crippen LogP contribution in [0.1, 0.15) is 41.1 Å². The van der Waals surface area contributed by atoms with Crippen molar-refractivity contribution in [2.24, 2.45) is 0 Å². The molecule has 0 unspecified atom stereocenters. The summed E-state index contributed by atoms with van der Waals surface area (Å²) in [6.07, 6.45) is 2.53. The first-order valence-corrected chi connectivity index (χ1v) is 8.81. The first-order chi connectivity index (χ1) is 11.5. The SMILES string of the molecule is CC[C@H](C)NC(=O)/C(=C/c1cccs1)NC(=O)c1cccc(C)c1. The molecule has 1 aromatic carbocycles. The van der Waals surface area contributed by atoms with Crippen molar-refractivity contribution in [3.8, 4) is 0 Å². The maximum absolute atomic E-state index is 12.5. The molecule has 126 valence electrons. The third-order valence-electron chi connectivity index (χ3n) is 3.59. The van der Waals surface area contributed by atoms with E-state index in [9.17, 15) is 9.59 Å². The lowest BCUT2D eigenvalue weighted by Crippen LogP contribution is -2.38. The summed E-state index contributed by atoms with van der Waals surface area (Å²) in [6, 6.07) is 11.1. The van der Waals surface area contributed by atoms with Crippen molar-refractivity contribution in [2.45, 2.75) is 33.2 Å². The highest BCUT2D eigenvalue weighted by atomic mass is 32.1. The highest BCUT2D eigenvalue weighted by Crippen LogP contribution is 2.13. The van der Waals surface area contributed by atoms with Crippen molar-refractivity contribution < 1.29 is 9.59 Å². The number of carbonyl (C=O) groups is 2. The Hall–Kier alpha value is -2.40. The molecule has 2 amide bonds. The summed E-state index contributed by atoms with van der Waals surface area (Å²) < 4.78 is 0. The second-order valence-electron chi connectivity index (χ2n) is 5.68.